The minimum Gasteiger partial charge on any atom is -0.394 e. The fourth-order valence-electron chi connectivity index (χ4n) is 1.37. The molecule has 1 N–H and O–H groups in total. The van der Waals surface area contributed by atoms with Gasteiger partial charge in [-0.05, 0) is 19.5 Å². The highest BCUT2D eigenvalue weighted by molar-refractivity contribution is 6.64. The molecule has 0 amide bonds. The highest BCUT2D eigenvalue weighted by atomic mass is 28.4. The first-order chi connectivity index (χ1) is 9.62. The van der Waals surface area contributed by atoms with Crippen LogP contribution in [0.15, 0.2) is 0 Å². The average Bonchev–Trinajstić information content (AvgIpc) is 2.41. The maximum Gasteiger partial charge on any atom is 0.331 e. The van der Waals surface area contributed by atoms with Crippen molar-refractivity contribution in [3.05, 3.63) is 0 Å². The predicted molar refractivity (Wildman–Crippen MR) is 79.2 cm³/mol. The molecular weight excluding hydrogens is 280 g/mol. The first-order valence-corrected chi connectivity index (χ1v) is 10.1. The van der Waals surface area contributed by atoms with Crippen molar-refractivity contribution in [1.29, 1.82) is 0 Å². The second kappa shape index (κ2) is 13.9. The van der Waals surface area contributed by atoms with Gasteiger partial charge in [0, 0.05) is 6.61 Å². The van der Waals surface area contributed by atoms with Crippen molar-refractivity contribution in [2.45, 2.75) is 26.4 Å². The molecule has 122 valence electrons. The Morgan fingerprint density at radius 2 is 1.15 bits per heavy atom. The molecular formula is C13H30O6Si. The van der Waals surface area contributed by atoms with Crippen LogP contribution in [0.1, 0.15) is 13.3 Å². The average molecular weight is 310 g/mol. The number of hydrogen-bond acceptors (Lipinski definition) is 6. The largest absolute Gasteiger partial charge is 0.394 e. The van der Waals surface area contributed by atoms with Gasteiger partial charge in [-0.2, -0.15) is 0 Å². The molecule has 0 aromatic heterocycles. The lowest BCUT2D eigenvalue weighted by atomic mass is 10.5. The Bertz CT molecular complexity index is 203. The van der Waals surface area contributed by atoms with Gasteiger partial charge in [-0.25, -0.2) is 0 Å². The van der Waals surface area contributed by atoms with Gasteiger partial charge >= 0.3 is 8.56 Å². The van der Waals surface area contributed by atoms with Crippen LogP contribution in [0.25, 0.3) is 0 Å². The van der Waals surface area contributed by atoms with E-state index in [2.05, 4.69) is 6.92 Å². The Labute approximate surface area is 123 Å². The molecule has 0 saturated heterocycles. The van der Waals surface area contributed by atoms with Crippen molar-refractivity contribution in [1.82, 2.24) is 0 Å². The standard InChI is InChI=1S/C13H30O6Si/c1-4-6-15-8-9-17-11-13-19-20(2,3)18-12-10-16-7-5-14/h14H,4-13H2,1-3H3. The molecule has 6 nitrogen and oxygen atoms in total. The summed E-state index contributed by atoms with van der Waals surface area (Å²) in [6, 6.07) is 0. The molecule has 0 saturated carbocycles. The zero-order valence-corrected chi connectivity index (χ0v) is 14.1. The Balaban J connectivity index is 3.33. The first kappa shape index (κ1) is 20.0. The minimum absolute atomic E-state index is 0.0383. The lowest BCUT2D eigenvalue weighted by molar-refractivity contribution is 0.0267. The normalized spacial score (nSPS) is 12.0. The fraction of sp³-hybridized carbons (Fsp3) is 1.00. The van der Waals surface area contributed by atoms with E-state index in [1.54, 1.807) is 0 Å². The Morgan fingerprint density at radius 3 is 1.65 bits per heavy atom. The Morgan fingerprint density at radius 1 is 0.700 bits per heavy atom. The third kappa shape index (κ3) is 14.4. The highest BCUT2D eigenvalue weighted by Crippen LogP contribution is 2.05. The van der Waals surface area contributed by atoms with E-state index in [1.165, 1.54) is 0 Å². The van der Waals surface area contributed by atoms with Crippen LogP contribution in [-0.4, -0.2) is 73.1 Å². The van der Waals surface area contributed by atoms with Crippen LogP contribution in [0.2, 0.25) is 13.1 Å². The van der Waals surface area contributed by atoms with E-state index >= 15 is 0 Å². The van der Waals surface area contributed by atoms with Crippen LogP contribution < -0.4 is 0 Å². The van der Waals surface area contributed by atoms with Gasteiger partial charge in [0.15, 0.2) is 0 Å². The molecule has 0 atom stereocenters. The van der Waals surface area contributed by atoms with Crippen LogP contribution >= 0.6 is 0 Å². The van der Waals surface area contributed by atoms with Gasteiger partial charge in [0.25, 0.3) is 0 Å². The fourth-order valence-corrected chi connectivity index (χ4v) is 2.60. The topological polar surface area (TPSA) is 66.4 Å². The quantitative estimate of drug-likeness (QED) is 0.362. The van der Waals surface area contributed by atoms with E-state index in [4.69, 9.17) is 28.2 Å². The number of aliphatic hydroxyl groups is 1. The lowest BCUT2D eigenvalue weighted by Crippen LogP contribution is -2.37. The van der Waals surface area contributed by atoms with E-state index in [9.17, 15) is 0 Å². The number of aliphatic hydroxyl groups excluding tert-OH is 1. The van der Waals surface area contributed by atoms with Crippen molar-refractivity contribution >= 4 is 8.56 Å². The SMILES string of the molecule is CCCOCCOCCO[Si](C)(C)OCCOCCO. The molecule has 20 heavy (non-hydrogen) atoms. The minimum atomic E-state index is -2.10. The summed E-state index contributed by atoms with van der Waals surface area (Å²) in [4.78, 5) is 0. The van der Waals surface area contributed by atoms with Crippen LogP contribution in [0.3, 0.4) is 0 Å². The summed E-state index contributed by atoms with van der Waals surface area (Å²) in [6.45, 7) is 10.5. The molecule has 0 aromatic rings. The number of hydrogen-bond donors (Lipinski definition) is 1. The number of ether oxygens (including phenoxy) is 3. The molecule has 0 aliphatic heterocycles. The molecule has 0 fully saturated rings. The van der Waals surface area contributed by atoms with Gasteiger partial charge in [0.2, 0.25) is 0 Å². The van der Waals surface area contributed by atoms with Crippen LogP contribution in [-0.2, 0) is 23.1 Å². The summed E-state index contributed by atoms with van der Waals surface area (Å²) in [5.74, 6) is 0. The smallest absolute Gasteiger partial charge is 0.331 e. The molecule has 0 aliphatic rings. The summed E-state index contributed by atoms with van der Waals surface area (Å²) >= 11 is 0. The second-order valence-corrected chi connectivity index (χ2v) is 8.03. The molecule has 0 spiro atoms. The summed E-state index contributed by atoms with van der Waals surface area (Å²) in [7, 11) is -2.10. The van der Waals surface area contributed by atoms with Crippen molar-refractivity contribution in [2.24, 2.45) is 0 Å². The maximum atomic E-state index is 8.56. The van der Waals surface area contributed by atoms with Crippen LogP contribution in [0.4, 0.5) is 0 Å². The van der Waals surface area contributed by atoms with Gasteiger partial charge in [-0.15, -0.1) is 0 Å². The second-order valence-electron chi connectivity index (χ2n) is 4.66. The summed E-state index contributed by atoms with van der Waals surface area (Å²) in [6.07, 6.45) is 1.03. The maximum absolute atomic E-state index is 8.56. The van der Waals surface area contributed by atoms with E-state index in [0.717, 1.165) is 13.0 Å². The zero-order chi connectivity index (χ0) is 15.1. The van der Waals surface area contributed by atoms with Gasteiger partial charge in [0.05, 0.1) is 52.9 Å². The molecule has 0 radical (unpaired) electrons. The summed E-state index contributed by atoms with van der Waals surface area (Å²) in [5, 5.41) is 8.56. The van der Waals surface area contributed by atoms with Crippen LogP contribution in [0, 0.1) is 0 Å². The first-order valence-electron chi connectivity index (χ1n) is 7.24. The molecule has 0 unspecified atom stereocenters. The lowest BCUT2D eigenvalue weighted by Gasteiger charge is -2.22. The van der Waals surface area contributed by atoms with Gasteiger partial charge < -0.3 is 28.2 Å². The molecule has 0 heterocycles. The third-order valence-electron chi connectivity index (χ3n) is 2.31. The van der Waals surface area contributed by atoms with Crippen LogP contribution in [0.5, 0.6) is 0 Å². The van der Waals surface area contributed by atoms with Crippen molar-refractivity contribution in [3.63, 3.8) is 0 Å². The molecule has 7 heteroatoms. The molecule has 0 aromatic carbocycles. The third-order valence-corrected chi connectivity index (χ3v) is 4.11. The van der Waals surface area contributed by atoms with Crippen molar-refractivity contribution in [2.75, 3.05) is 59.5 Å². The molecule has 0 rings (SSSR count). The Kier molecular flexibility index (Phi) is 13.9. The van der Waals surface area contributed by atoms with Gasteiger partial charge in [0.1, 0.15) is 0 Å². The van der Waals surface area contributed by atoms with E-state index < -0.39 is 8.56 Å². The highest BCUT2D eigenvalue weighted by Gasteiger charge is 2.23. The van der Waals surface area contributed by atoms with Gasteiger partial charge in [-0.3, -0.25) is 0 Å². The van der Waals surface area contributed by atoms with E-state index in [-0.39, 0.29) is 6.61 Å². The van der Waals surface area contributed by atoms with Gasteiger partial charge in [-0.1, -0.05) is 6.92 Å². The molecule has 0 bridgehead atoms. The van der Waals surface area contributed by atoms with E-state index in [0.29, 0.717) is 46.2 Å². The predicted octanol–water partition coefficient (Wildman–Crippen LogP) is 1.17. The molecule has 0 aliphatic carbocycles. The summed E-state index contributed by atoms with van der Waals surface area (Å²) < 4.78 is 27.2. The number of rotatable bonds is 15. The van der Waals surface area contributed by atoms with Crippen molar-refractivity contribution < 1.29 is 28.2 Å². The Hall–Kier alpha value is -0.0231. The summed E-state index contributed by atoms with van der Waals surface area (Å²) in [5.41, 5.74) is 0. The monoisotopic (exact) mass is 310 g/mol. The zero-order valence-electron chi connectivity index (χ0n) is 13.1. The van der Waals surface area contributed by atoms with E-state index in [1.807, 2.05) is 13.1 Å². The van der Waals surface area contributed by atoms with Crippen molar-refractivity contribution in [3.8, 4) is 0 Å².